The molecule has 4 rings (SSSR count). The third-order valence-corrected chi connectivity index (χ3v) is 10.9. The summed E-state index contributed by atoms with van der Waals surface area (Å²) in [6.45, 7) is 9.86. The highest BCUT2D eigenvalue weighted by molar-refractivity contribution is 5.66. The topological polar surface area (TPSA) is 57.5 Å². The summed E-state index contributed by atoms with van der Waals surface area (Å²) in [4.78, 5) is 11.1. The van der Waals surface area contributed by atoms with E-state index in [1.165, 1.54) is 44.9 Å². The first kappa shape index (κ1) is 21.7. The number of carbonyl (C=O) groups is 1. The first-order chi connectivity index (χ1) is 13.7. The van der Waals surface area contributed by atoms with Crippen LogP contribution in [0.15, 0.2) is 0 Å². The molecule has 0 radical (unpaired) electrons. The maximum Gasteiger partial charge on any atom is 0.303 e. The summed E-state index contributed by atoms with van der Waals surface area (Å²) >= 11 is 0. The molecule has 0 aromatic carbocycles. The average molecular weight is 405 g/mol. The Labute approximate surface area is 178 Å². The van der Waals surface area contributed by atoms with Crippen molar-refractivity contribution in [3.8, 4) is 0 Å². The lowest BCUT2D eigenvalue weighted by Crippen LogP contribution is -2.56. The molecule has 10 atom stereocenters. The van der Waals surface area contributed by atoms with Gasteiger partial charge in [0.25, 0.3) is 0 Å². The van der Waals surface area contributed by atoms with E-state index in [0.29, 0.717) is 35.0 Å². The van der Waals surface area contributed by atoms with E-state index in [1.807, 2.05) is 0 Å². The van der Waals surface area contributed by atoms with Crippen molar-refractivity contribution in [2.45, 2.75) is 104 Å². The number of rotatable bonds is 5. The molecule has 4 saturated carbocycles. The van der Waals surface area contributed by atoms with Gasteiger partial charge >= 0.3 is 5.97 Å². The molecule has 2 N–H and O–H groups in total. The van der Waals surface area contributed by atoms with Crippen LogP contribution in [-0.2, 0) is 4.79 Å². The minimum atomic E-state index is -0.642. The van der Waals surface area contributed by atoms with Crippen molar-refractivity contribution < 1.29 is 15.0 Å². The van der Waals surface area contributed by atoms with Crippen LogP contribution in [0.3, 0.4) is 0 Å². The van der Waals surface area contributed by atoms with Gasteiger partial charge in [-0.1, -0.05) is 34.1 Å². The quantitative estimate of drug-likeness (QED) is 0.578. The Morgan fingerprint density at radius 1 is 1.00 bits per heavy atom. The fourth-order valence-corrected chi connectivity index (χ4v) is 9.46. The Morgan fingerprint density at radius 3 is 2.38 bits per heavy atom. The Morgan fingerprint density at radius 2 is 1.69 bits per heavy atom. The summed E-state index contributed by atoms with van der Waals surface area (Å²) in [6.07, 6.45) is 12.4. The van der Waals surface area contributed by atoms with E-state index in [-0.39, 0.29) is 6.10 Å². The Balaban J connectivity index is 1.57. The van der Waals surface area contributed by atoms with E-state index >= 15 is 0 Å². The summed E-state index contributed by atoms with van der Waals surface area (Å²) in [6, 6.07) is 0. The molecule has 0 amide bonds. The molecule has 0 spiro atoms. The van der Waals surface area contributed by atoms with E-state index in [0.717, 1.165) is 42.9 Å². The number of carboxylic acids is 1. The third kappa shape index (κ3) is 3.48. The molecule has 2 unspecified atom stereocenters. The van der Waals surface area contributed by atoms with Crippen molar-refractivity contribution in [3.05, 3.63) is 0 Å². The molecular weight excluding hydrogens is 360 g/mol. The van der Waals surface area contributed by atoms with Gasteiger partial charge in [-0.25, -0.2) is 0 Å². The molecule has 4 aliphatic rings. The third-order valence-electron chi connectivity index (χ3n) is 10.9. The lowest BCUT2D eigenvalue weighted by molar-refractivity contribution is -0.152. The average Bonchev–Trinajstić information content (AvgIpc) is 3.03. The van der Waals surface area contributed by atoms with Crippen LogP contribution in [0.2, 0.25) is 0 Å². The standard InChI is InChI=1S/C26H44O3/c1-5-17-14-19-21-8-7-20(16(2)6-9-24(28)29)25(21,3)13-11-22(19)26(4)12-10-18(27)15-23(17)26/h16-23,27H,5-15H2,1-4H3,(H,28,29)/t16?,17-,18+,19-,20?,21-,22-,23-,25+,26+/m0/s1. The van der Waals surface area contributed by atoms with Gasteiger partial charge in [0.1, 0.15) is 0 Å². The van der Waals surface area contributed by atoms with Crippen molar-refractivity contribution >= 4 is 5.97 Å². The van der Waals surface area contributed by atoms with E-state index in [2.05, 4.69) is 27.7 Å². The molecule has 0 aliphatic heterocycles. The normalized spacial score (nSPS) is 50.3. The summed E-state index contributed by atoms with van der Waals surface area (Å²) in [5, 5.41) is 19.6. The van der Waals surface area contributed by atoms with Crippen molar-refractivity contribution in [2.75, 3.05) is 0 Å². The number of carboxylic acid groups (broad SMARTS) is 1. The molecule has 3 nitrogen and oxygen atoms in total. The summed E-state index contributed by atoms with van der Waals surface area (Å²) in [5.74, 6) is 4.60. The van der Waals surface area contributed by atoms with Gasteiger partial charge in [-0.3, -0.25) is 4.79 Å². The van der Waals surface area contributed by atoms with Gasteiger partial charge in [-0.15, -0.1) is 0 Å². The largest absolute Gasteiger partial charge is 0.481 e. The second-order valence-corrected chi connectivity index (χ2v) is 12.0. The van der Waals surface area contributed by atoms with Crippen LogP contribution in [0, 0.1) is 52.3 Å². The number of hydrogen-bond donors (Lipinski definition) is 2. The molecule has 4 fully saturated rings. The second-order valence-electron chi connectivity index (χ2n) is 12.0. The predicted molar refractivity (Wildman–Crippen MR) is 116 cm³/mol. The van der Waals surface area contributed by atoms with Crippen LogP contribution in [0.4, 0.5) is 0 Å². The highest BCUT2D eigenvalue weighted by atomic mass is 16.4. The van der Waals surface area contributed by atoms with Gasteiger partial charge in [-0.2, -0.15) is 0 Å². The first-order valence-corrected chi connectivity index (χ1v) is 12.6. The van der Waals surface area contributed by atoms with Gasteiger partial charge in [-0.05, 0) is 110 Å². The van der Waals surface area contributed by atoms with Gasteiger partial charge in [0.2, 0.25) is 0 Å². The van der Waals surface area contributed by atoms with Crippen LogP contribution in [0.25, 0.3) is 0 Å². The van der Waals surface area contributed by atoms with Gasteiger partial charge in [0.15, 0.2) is 0 Å². The van der Waals surface area contributed by atoms with E-state index in [4.69, 9.17) is 5.11 Å². The van der Waals surface area contributed by atoms with Crippen LogP contribution in [0.5, 0.6) is 0 Å². The minimum Gasteiger partial charge on any atom is -0.481 e. The molecule has 0 heterocycles. The van der Waals surface area contributed by atoms with E-state index in [9.17, 15) is 9.90 Å². The van der Waals surface area contributed by atoms with E-state index < -0.39 is 5.97 Å². The fourth-order valence-electron chi connectivity index (χ4n) is 9.46. The Kier molecular flexibility index (Phi) is 5.86. The van der Waals surface area contributed by atoms with Gasteiger partial charge in [0.05, 0.1) is 6.10 Å². The number of aliphatic hydroxyl groups excluding tert-OH is 1. The van der Waals surface area contributed by atoms with Crippen molar-refractivity contribution in [1.82, 2.24) is 0 Å². The van der Waals surface area contributed by atoms with Gasteiger partial charge < -0.3 is 10.2 Å². The minimum absolute atomic E-state index is 0.0709. The molecule has 0 aromatic heterocycles. The molecule has 166 valence electrons. The second kappa shape index (κ2) is 7.84. The van der Waals surface area contributed by atoms with Gasteiger partial charge in [0, 0.05) is 6.42 Å². The molecule has 0 aromatic rings. The maximum atomic E-state index is 11.1. The van der Waals surface area contributed by atoms with Crippen LogP contribution >= 0.6 is 0 Å². The molecule has 3 heteroatoms. The molecule has 29 heavy (non-hydrogen) atoms. The summed E-state index contributed by atoms with van der Waals surface area (Å²) < 4.78 is 0. The zero-order valence-corrected chi connectivity index (χ0v) is 19.2. The van der Waals surface area contributed by atoms with Crippen LogP contribution in [0.1, 0.15) is 98.3 Å². The first-order valence-electron chi connectivity index (χ1n) is 12.6. The monoisotopic (exact) mass is 404 g/mol. The molecule has 0 saturated heterocycles. The maximum absolute atomic E-state index is 11.1. The lowest BCUT2D eigenvalue weighted by atomic mass is 9.42. The molecular formula is C26H44O3. The number of aliphatic hydroxyl groups is 1. The SMILES string of the molecule is CC[C@H]1C[C@@H]2[C@H](CC[C@]3(C)C(C(C)CCC(=O)O)CC[C@@H]23)[C@@]2(C)CC[C@@H](O)C[C@@H]12. The highest BCUT2D eigenvalue weighted by Crippen LogP contribution is 2.69. The predicted octanol–water partition coefficient (Wildman–Crippen LogP) is 6.14. The zero-order valence-electron chi connectivity index (χ0n) is 19.2. The van der Waals surface area contributed by atoms with Crippen molar-refractivity contribution in [1.29, 1.82) is 0 Å². The smallest absolute Gasteiger partial charge is 0.303 e. The lowest BCUT2D eigenvalue weighted by Gasteiger charge is -2.63. The van der Waals surface area contributed by atoms with E-state index in [1.54, 1.807) is 0 Å². The van der Waals surface area contributed by atoms with Crippen molar-refractivity contribution in [3.63, 3.8) is 0 Å². The Bertz CT molecular complexity index is 617. The highest BCUT2D eigenvalue weighted by Gasteiger charge is 2.62. The summed E-state index contributed by atoms with van der Waals surface area (Å²) in [5.41, 5.74) is 0.839. The Hall–Kier alpha value is -0.570. The fraction of sp³-hybridized carbons (Fsp3) is 0.962. The molecule has 4 aliphatic carbocycles. The van der Waals surface area contributed by atoms with Crippen LogP contribution in [-0.4, -0.2) is 22.3 Å². The number of hydrogen-bond acceptors (Lipinski definition) is 2. The number of fused-ring (bicyclic) bond motifs is 5. The zero-order chi connectivity index (χ0) is 21.0. The van der Waals surface area contributed by atoms with Crippen LogP contribution < -0.4 is 0 Å². The number of aliphatic carboxylic acids is 1. The van der Waals surface area contributed by atoms with Crippen molar-refractivity contribution in [2.24, 2.45) is 52.3 Å². The molecule has 0 bridgehead atoms. The summed E-state index contributed by atoms with van der Waals surface area (Å²) in [7, 11) is 0.